The van der Waals surface area contributed by atoms with E-state index in [0.717, 1.165) is 38.8 Å². The Hall–Kier alpha value is -0.910. The van der Waals surface area contributed by atoms with Crippen molar-refractivity contribution in [2.75, 3.05) is 53.5 Å². The minimum atomic E-state index is 0. The van der Waals surface area contributed by atoms with Gasteiger partial charge in [0.25, 0.3) is 0 Å². The van der Waals surface area contributed by atoms with Crippen LogP contribution >= 0.6 is 35.3 Å². The van der Waals surface area contributed by atoms with Gasteiger partial charge in [-0.3, -0.25) is 9.69 Å². The van der Waals surface area contributed by atoms with Gasteiger partial charge >= 0.3 is 0 Å². The highest BCUT2D eigenvalue weighted by atomic mass is 127. The molecule has 1 unspecified atom stereocenters. The van der Waals surface area contributed by atoms with Gasteiger partial charge in [-0.1, -0.05) is 19.3 Å². The molecule has 2 aliphatic rings. The lowest BCUT2D eigenvalue weighted by molar-refractivity contribution is -0.127. The zero-order chi connectivity index (χ0) is 21.3. The number of thiophene rings is 1. The molecule has 176 valence electrons. The van der Waals surface area contributed by atoms with Crippen molar-refractivity contribution < 1.29 is 9.53 Å². The molecule has 2 heterocycles. The average molecular weight is 564 g/mol. The number of ether oxygens (including phenoxy) is 1. The summed E-state index contributed by atoms with van der Waals surface area (Å²) in [4.78, 5) is 23.5. The van der Waals surface area contributed by atoms with Crippen molar-refractivity contribution in [3.05, 3.63) is 21.9 Å². The lowest BCUT2D eigenvalue weighted by Gasteiger charge is -2.34. The van der Waals surface area contributed by atoms with Gasteiger partial charge in [0.15, 0.2) is 5.96 Å². The van der Waals surface area contributed by atoms with Crippen LogP contribution in [0.15, 0.2) is 17.1 Å². The standard InChI is InChI=1S/C22H37N5O2S.HI/c1-17-9-10-20(30-17)19(27-11-13-29-14-12-27)15-23-22(24-16-21(28)26(2)3)25-18-7-5-4-6-8-18;/h9-10,18-19H,4-8,11-16H2,1-3H3,(H2,23,24,25);1H. The first-order valence-corrected chi connectivity index (χ1v) is 12.0. The van der Waals surface area contributed by atoms with E-state index < -0.39 is 0 Å². The quantitative estimate of drug-likeness (QED) is 0.304. The topological polar surface area (TPSA) is 69.2 Å². The highest BCUT2D eigenvalue weighted by molar-refractivity contribution is 14.0. The number of aliphatic imine (C=N–C) groups is 1. The van der Waals surface area contributed by atoms with Gasteiger partial charge in [-0.2, -0.15) is 0 Å². The maximum absolute atomic E-state index is 12.1. The molecule has 0 aromatic carbocycles. The van der Waals surface area contributed by atoms with Gasteiger partial charge in [0, 0.05) is 49.5 Å². The van der Waals surface area contributed by atoms with Crippen LogP contribution in [-0.2, 0) is 9.53 Å². The number of likely N-dealkylation sites (N-methyl/N-ethyl adjacent to an activating group) is 1. The van der Waals surface area contributed by atoms with Crippen molar-refractivity contribution in [1.82, 2.24) is 20.4 Å². The minimum Gasteiger partial charge on any atom is -0.379 e. The van der Waals surface area contributed by atoms with Gasteiger partial charge in [0.2, 0.25) is 5.91 Å². The third-order valence-electron chi connectivity index (χ3n) is 5.86. The minimum absolute atomic E-state index is 0. The van der Waals surface area contributed by atoms with E-state index in [1.165, 1.54) is 41.9 Å². The van der Waals surface area contributed by atoms with Crippen LogP contribution in [0.5, 0.6) is 0 Å². The zero-order valence-electron chi connectivity index (χ0n) is 19.1. The molecule has 3 rings (SSSR count). The normalized spacial score (nSPS) is 19.4. The van der Waals surface area contributed by atoms with E-state index in [4.69, 9.17) is 4.74 Å². The summed E-state index contributed by atoms with van der Waals surface area (Å²) in [6, 6.07) is 5.14. The molecule has 1 saturated carbocycles. The maximum atomic E-state index is 12.1. The first-order chi connectivity index (χ1) is 14.5. The average Bonchev–Trinajstić information content (AvgIpc) is 3.19. The van der Waals surface area contributed by atoms with E-state index in [9.17, 15) is 4.79 Å². The monoisotopic (exact) mass is 563 g/mol. The first kappa shape index (κ1) is 26.3. The second-order valence-electron chi connectivity index (χ2n) is 8.43. The fraction of sp³-hybridized carbons (Fsp3) is 0.727. The van der Waals surface area contributed by atoms with Crippen molar-refractivity contribution in [2.24, 2.45) is 4.99 Å². The summed E-state index contributed by atoms with van der Waals surface area (Å²) in [5.74, 6) is 0.766. The number of carbonyl (C=O) groups is 1. The molecular formula is C22H38IN5O2S. The SMILES string of the molecule is Cc1ccc(C(CNC(=NCC(=O)N(C)C)NC2CCCCC2)N2CCOCC2)s1.I. The molecule has 1 aromatic rings. The molecule has 1 aromatic heterocycles. The molecule has 2 N–H and O–H groups in total. The lowest BCUT2D eigenvalue weighted by atomic mass is 9.96. The number of carbonyl (C=O) groups excluding carboxylic acids is 1. The maximum Gasteiger partial charge on any atom is 0.243 e. The molecule has 1 amide bonds. The highest BCUT2D eigenvalue weighted by Crippen LogP contribution is 2.28. The van der Waals surface area contributed by atoms with Gasteiger partial charge in [0.05, 0.1) is 19.3 Å². The number of rotatable bonds is 7. The van der Waals surface area contributed by atoms with E-state index in [1.807, 2.05) is 11.3 Å². The van der Waals surface area contributed by atoms with Crippen LogP contribution in [0.1, 0.15) is 47.9 Å². The molecular weight excluding hydrogens is 525 g/mol. The third-order valence-corrected chi connectivity index (χ3v) is 6.96. The summed E-state index contributed by atoms with van der Waals surface area (Å²) in [5, 5.41) is 7.15. The number of hydrogen-bond acceptors (Lipinski definition) is 5. The predicted octanol–water partition coefficient (Wildman–Crippen LogP) is 3.00. The second kappa shape index (κ2) is 13.6. The number of nitrogens with one attached hydrogen (secondary N) is 2. The van der Waals surface area contributed by atoms with Crippen molar-refractivity contribution in [3.63, 3.8) is 0 Å². The zero-order valence-corrected chi connectivity index (χ0v) is 22.2. The fourth-order valence-corrected chi connectivity index (χ4v) is 5.02. The molecule has 1 aliphatic carbocycles. The van der Waals surface area contributed by atoms with Gasteiger partial charge < -0.3 is 20.3 Å². The van der Waals surface area contributed by atoms with Gasteiger partial charge in [-0.15, -0.1) is 35.3 Å². The Balaban J connectivity index is 0.00000341. The Morgan fingerprint density at radius 2 is 1.97 bits per heavy atom. The van der Waals surface area contributed by atoms with Crippen molar-refractivity contribution in [1.29, 1.82) is 0 Å². The third kappa shape index (κ3) is 8.51. The molecule has 0 radical (unpaired) electrons. The van der Waals surface area contributed by atoms with E-state index in [-0.39, 0.29) is 42.5 Å². The summed E-state index contributed by atoms with van der Waals surface area (Å²) >= 11 is 1.86. The summed E-state index contributed by atoms with van der Waals surface area (Å²) < 4.78 is 5.57. The number of morpholine rings is 1. The molecule has 1 saturated heterocycles. The Bertz CT molecular complexity index is 700. The second-order valence-corrected chi connectivity index (χ2v) is 9.75. The van der Waals surface area contributed by atoms with Gasteiger partial charge in [-0.25, -0.2) is 4.99 Å². The van der Waals surface area contributed by atoms with Crippen molar-refractivity contribution in [2.45, 2.75) is 51.1 Å². The number of guanidine groups is 1. The fourth-order valence-electron chi connectivity index (χ4n) is 4.01. The molecule has 31 heavy (non-hydrogen) atoms. The Morgan fingerprint density at radius 1 is 1.26 bits per heavy atom. The molecule has 0 bridgehead atoms. The summed E-state index contributed by atoms with van der Waals surface area (Å²) in [5.41, 5.74) is 0. The predicted molar refractivity (Wildman–Crippen MR) is 139 cm³/mol. The Morgan fingerprint density at radius 3 is 2.58 bits per heavy atom. The highest BCUT2D eigenvalue weighted by Gasteiger charge is 2.25. The van der Waals surface area contributed by atoms with Gasteiger partial charge in [0.1, 0.15) is 6.54 Å². The molecule has 7 nitrogen and oxygen atoms in total. The molecule has 9 heteroatoms. The van der Waals surface area contributed by atoms with E-state index >= 15 is 0 Å². The number of halogens is 1. The van der Waals surface area contributed by atoms with Crippen LogP contribution in [0.2, 0.25) is 0 Å². The van der Waals surface area contributed by atoms with Crippen LogP contribution in [0.4, 0.5) is 0 Å². The van der Waals surface area contributed by atoms with Crippen molar-refractivity contribution >= 4 is 47.2 Å². The van der Waals surface area contributed by atoms with Crippen LogP contribution in [0.25, 0.3) is 0 Å². The first-order valence-electron chi connectivity index (χ1n) is 11.2. The van der Waals surface area contributed by atoms with Crippen LogP contribution < -0.4 is 10.6 Å². The number of amides is 1. The summed E-state index contributed by atoms with van der Waals surface area (Å²) in [6.45, 7) is 6.50. The van der Waals surface area contributed by atoms with Crippen LogP contribution in [0, 0.1) is 6.92 Å². The Labute approximate surface area is 208 Å². The lowest BCUT2D eigenvalue weighted by Crippen LogP contribution is -2.49. The van der Waals surface area contributed by atoms with E-state index in [2.05, 4.69) is 39.6 Å². The number of aryl methyl sites for hydroxylation is 1. The molecule has 1 atom stereocenters. The van der Waals surface area contributed by atoms with Crippen LogP contribution in [-0.4, -0.2) is 81.2 Å². The van der Waals surface area contributed by atoms with Crippen molar-refractivity contribution in [3.8, 4) is 0 Å². The molecule has 2 fully saturated rings. The number of hydrogen-bond donors (Lipinski definition) is 2. The summed E-state index contributed by atoms with van der Waals surface area (Å²) in [7, 11) is 3.54. The van der Waals surface area contributed by atoms with E-state index in [0.29, 0.717) is 6.04 Å². The Kier molecular flexibility index (Phi) is 11.6. The molecule has 0 spiro atoms. The van der Waals surface area contributed by atoms with Gasteiger partial charge in [-0.05, 0) is 31.9 Å². The smallest absolute Gasteiger partial charge is 0.243 e. The number of nitrogens with zero attached hydrogens (tertiary/aromatic N) is 3. The van der Waals surface area contributed by atoms with Crippen LogP contribution in [0.3, 0.4) is 0 Å². The largest absolute Gasteiger partial charge is 0.379 e. The summed E-state index contributed by atoms with van der Waals surface area (Å²) in [6.07, 6.45) is 6.16. The molecule has 1 aliphatic heterocycles. The van der Waals surface area contributed by atoms with E-state index in [1.54, 1.807) is 19.0 Å².